The molecule has 1 aromatic heterocycles. The second kappa shape index (κ2) is 7.15. The zero-order valence-corrected chi connectivity index (χ0v) is 14.7. The molecule has 2 aromatic carbocycles. The number of carbonyl (C=O) groups is 1. The summed E-state index contributed by atoms with van der Waals surface area (Å²) in [5.74, 6) is 0.149. The van der Waals surface area contributed by atoms with Crippen molar-refractivity contribution in [3.8, 4) is 6.07 Å². The molecule has 3 aromatic rings. The maximum atomic E-state index is 13.0. The second-order valence-electron chi connectivity index (χ2n) is 6.81. The number of hydrogen-bond donors (Lipinski definition) is 0. The number of carbonyl (C=O) groups excluding carboxylic acids is 1. The van der Waals surface area contributed by atoms with Crippen molar-refractivity contribution in [2.75, 3.05) is 13.1 Å². The number of para-hydroxylation sites is 1. The number of benzene rings is 2. The van der Waals surface area contributed by atoms with Crippen molar-refractivity contribution < 1.29 is 4.79 Å². The van der Waals surface area contributed by atoms with Crippen LogP contribution in [0.2, 0.25) is 0 Å². The highest BCUT2D eigenvalue weighted by Gasteiger charge is 2.21. The number of fused-ring (bicyclic) bond motifs is 2. The molecular formula is C22H21N3O. The van der Waals surface area contributed by atoms with Gasteiger partial charge in [0.15, 0.2) is 5.78 Å². The van der Waals surface area contributed by atoms with Crippen molar-refractivity contribution in [3.63, 3.8) is 0 Å². The van der Waals surface area contributed by atoms with Gasteiger partial charge in [0.05, 0.1) is 19.0 Å². The molecule has 130 valence electrons. The molecular weight excluding hydrogens is 322 g/mol. The SMILES string of the molecule is N#CCCn1cc(C(=O)CN2CCc3ccccc3C2)c2ccccc21. The summed E-state index contributed by atoms with van der Waals surface area (Å²) in [7, 11) is 0. The van der Waals surface area contributed by atoms with E-state index < -0.39 is 0 Å². The van der Waals surface area contributed by atoms with E-state index in [1.807, 2.05) is 35.0 Å². The van der Waals surface area contributed by atoms with E-state index >= 15 is 0 Å². The highest BCUT2D eigenvalue weighted by Crippen LogP contribution is 2.24. The molecule has 2 heterocycles. The van der Waals surface area contributed by atoms with Gasteiger partial charge in [-0.1, -0.05) is 42.5 Å². The van der Waals surface area contributed by atoms with E-state index in [0.717, 1.165) is 36.0 Å². The molecule has 1 aliphatic rings. The lowest BCUT2D eigenvalue weighted by Crippen LogP contribution is -2.34. The molecule has 0 atom stereocenters. The fourth-order valence-corrected chi connectivity index (χ4v) is 3.80. The fraction of sp³-hybridized carbons (Fsp3) is 0.273. The first-order valence-corrected chi connectivity index (χ1v) is 9.03. The van der Waals surface area contributed by atoms with Gasteiger partial charge in [-0.15, -0.1) is 0 Å². The van der Waals surface area contributed by atoms with Crippen molar-refractivity contribution in [3.05, 3.63) is 71.4 Å². The molecule has 0 unspecified atom stereocenters. The van der Waals surface area contributed by atoms with Crippen LogP contribution in [0.15, 0.2) is 54.7 Å². The van der Waals surface area contributed by atoms with Gasteiger partial charge in [-0.25, -0.2) is 0 Å². The maximum absolute atomic E-state index is 13.0. The van der Waals surface area contributed by atoms with Crippen LogP contribution in [0, 0.1) is 11.3 Å². The van der Waals surface area contributed by atoms with Gasteiger partial charge in [0.2, 0.25) is 0 Å². The molecule has 0 saturated heterocycles. The van der Waals surface area contributed by atoms with Crippen LogP contribution < -0.4 is 0 Å². The second-order valence-corrected chi connectivity index (χ2v) is 6.81. The van der Waals surface area contributed by atoms with Crippen molar-refractivity contribution >= 4 is 16.7 Å². The summed E-state index contributed by atoms with van der Waals surface area (Å²) >= 11 is 0. The van der Waals surface area contributed by atoms with E-state index in [1.165, 1.54) is 11.1 Å². The number of ketones is 1. The molecule has 0 spiro atoms. The molecule has 4 rings (SSSR count). The largest absolute Gasteiger partial charge is 0.346 e. The van der Waals surface area contributed by atoms with Crippen LogP contribution >= 0.6 is 0 Å². The van der Waals surface area contributed by atoms with Crippen molar-refractivity contribution in [1.29, 1.82) is 5.26 Å². The summed E-state index contributed by atoms with van der Waals surface area (Å²) in [5.41, 5.74) is 4.50. The van der Waals surface area contributed by atoms with Gasteiger partial charge >= 0.3 is 0 Å². The fourth-order valence-electron chi connectivity index (χ4n) is 3.80. The third-order valence-electron chi connectivity index (χ3n) is 5.13. The summed E-state index contributed by atoms with van der Waals surface area (Å²) in [4.78, 5) is 15.2. The first kappa shape index (κ1) is 16.6. The van der Waals surface area contributed by atoms with Gasteiger partial charge in [-0.2, -0.15) is 5.26 Å². The van der Waals surface area contributed by atoms with Crippen LogP contribution in [0.3, 0.4) is 0 Å². The van der Waals surface area contributed by atoms with E-state index in [2.05, 4.69) is 35.2 Å². The summed E-state index contributed by atoms with van der Waals surface area (Å²) < 4.78 is 2.03. The van der Waals surface area contributed by atoms with E-state index in [-0.39, 0.29) is 5.78 Å². The Hall–Kier alpha value is -2.90. The standard InChI is InChI=1S/C22H21N3O/c23-11-5-12-25-15-20(19-8-3-4-9-21(19)25)22(26)16-24-13-10-17-6-1-2-7-18(17)14-24/h1-4,6-9,15H,5,10,12-14,16H2. The first-order chi connectivity index (χ1) is 12.8. The molecule has 4 heteroatoms. The van der Waals surface area contributed by atoms with Gasteiger partial charge in [-0.05, 0) is 23.6 Å². The van der Waals surface area contributed by atoms with E-state index in [1.54, 1.807) is 0 Å². The molecule has 0 saturated carbocycles. The van der Waals surface area contributed by atoms with Crippen LogP contribution in [0.1, 0.15) is 27.9 Å². The lowest BCUT2D eigenvalue weighted by molar-refractivity contribution is 0.0923. The number of Topliss-reactive ketones (excluding diaryl/α,β-unsaturated/α-hetero) is 1. The minimum absolute atomic E-state index is 0.149. The normalized spacial score (nSPS) is 14.1. The molecule has 0 bridgehead atoms. The zero-order chi connectivity index (χ0) is 17.9. The number of hydrogen-bond acceptors (Lipinski definition) is 3. The Morgan fingerprint density at radius 3 is 2.69 bits per heavy atom. The molecule has 0 fully saturated rings. The van der Waals surface area contributed by atoms with Gasteiger partial charge in [0.1, 0.15) is 0 Å². The quantitative estimate of drug-likeness (QED) is 0.662. The minimum Gasteiger partial charge on any atom is -0.346 e. The Kier molecular flexibility index (Phi) is 4.55. The van der Waals surface area contributed by atoms with Gasteiger partial charge in [-0.3, -0.25) is 9.69 Å². The summed E-state index contributed by atoms with van der Waals surface area (Å²) in [6.07, 6.45) is 3.35. The maximum Gasteiger partial charge on any atom is 0.178 e. The number of aryl methyl sites for hydroxylation is 1. The molecule has 0 aliphatic carbocycles. The van der Waals surface area contributed by atoms with Crippen LogP contribution in [0.5, 0.6) is 0 Å². The first-order valence-electron chi connectivity index (χ1n) is 9.03. The highest BCUT2D eigenvalue weighted by atomic mass is 16.1. The van der Waals surface area contributed by atoms with Gasteiger partial charge in [0.25, 0.3) is 0 Å². The highest BCUT2D eigenvalue weighted by molar-refractivity contribution is 6.09. The third-order valence-corrected chi connectivity index (χ3v) is 5.13. The van der Waals surface area contributed by atoms with Crippen LogP contribution in [-0.4, -0.2) is 28.3 Å². The molecule has 0 radical (unpaired) electrons. The smallest absolute Gasteiger partial charge is 0.178 e. The summed E-state index contributed by atoms with van der Waals surface area (Å²) in [6.45, 7) is 2.78. The average Bonchev–Trinajstić information content (AvgIpc) is 3.05. The number of nitrogens with zero attached hydrogens (tertiary/aromatic N) is 3. The number of rotatable bonds is 5. The number of aromatic nitrogens is 1. The predicted molar refractivity (Wildman–Crippen MR) is 102 cm³/mol. The van der Waals surface area contributed by atoms with Crippen LogP contribution in [0.25, 0.3) is 10.9 Å². The lowest BCUT2D eigenvalue weighted by atomic mass is 9.99. The van der Waals surface area contributed by atoms with Crippen LogP contribution in [-0.2, 0) is 19.5 Å². The molecule has 26 heavy (non-hydrogen) atoms. The Balaban J connectivity index is 1.56. The summed E-state index contributed by atoms with van der Waals surface area (Å²) in [5, 5.41) is 9.85. The molecule has 0 amide bonds. The van der Waals surface area contributed by atoms with Gasteiger partial charge in [0, 0.05) is 42.3 Å². The molecule has 0 N–H and O–H groups in total. The lowest BCUT2D eigenvalue weighted by Gasteiger charge is -2.27. The van der Waals surface area contributed by atoms with Crippen LogP contribution in [0.4, 0.5) is 0 Å². The predicted octanol–water partition coefficient (Wildman–Crippen LogP) is 3.80. The minimum atomic E-state index is 0.149. The monoisotopic (exact) mass is 343 g/mol. The van der Waals surface area contributed by atoms with Crippen molar-refractivity contribution in [1.82, 2.24) is 9.47 Å². The average molecular weight is 343 g/mol. The van der Waals surface area contributed by atoms with E-state index in [9.17, 15) is 4.79 Å². The summed E-state index contributed by atoms with van der Waals surface area (Å²) in [6, 6.07) is 18.6. The Bertz CT molecular complexity index is 996. The van der Waals surface area contributed by atoms with Gasteiger partial charge < -0.3 is 4.57 Å². The number of nitriles is 1. The topological polar surface area (TPSA) is 49.0 Å². The Morgan fingerprint density at radius 2 is 1.85 bits per heavy atom. The zero-order valence-electron chi connectivity index (χ0n) is 14.7. The molecule has 1 aliphatic heterocycles. The van der Waals surface area contributed by atoms with E-state index in [0.29, 0.717) is 19.5 Å². The Labute approximate surface area is 153 Å². The Morgan fingerprint density at radius 1 is 1.08 bits per heavy atom. The van der Waals surface area contributed by atoms with Crippen molar-refractivity contribution in [2.45, 2.75) is 25.9 Å². The van der Waals surface area contributed by atoms with E-state index in [4.69, 9.17) is 5.26 Å². The molecule has 4 nitrogen and oxygen atoms in total. The third kappa shape index (κ3) is 3.14. The van der Waals surface area contributed by atoms with Crippen molar-refractivity contribution in [2.24, 2.45) is 0 Å².